The Labute approximate surface area is 175 Å². The number of hydrogen-bond donors (Lipinski definition) is 0. The minimum atomic E-state index is -3.88. The molecule has 0 saturated carbocycles. The van der Waals surface area contributed by atoms with E-state index in [1.807, 2.05) is 6.07 Å². The van der Waals surface area contributed by atoms with Gasteiger partial charge in [0.05, 0.1) is 24.2 Å². The fourth-order valence-corrected chi connectivity index (χ4v) is 5.11. The van der Waals surface area contributed by atoms with E-state index in [1.54, 1.807) is 44.2 Å². The molecule has 0 spiro atoms. The van der Waals surface area contributed by atoms with Crippen molar-refractivity contribution >= 4 is 19.1 Å². The molecule has 0 radical (unpaired) electrons. The zero-order valence-electron chi connectivity index (χ0n) is 16.8. The minimum Gasteiger partial charge on any atom is -0.308 e. The van der Waals surface area contributed by atoms with Crippen LogP contribution in [0.1, 0.15) is 42.1 Å². The first-order valence-corrected chi connectivity index (χ1v) is 11.1. The lowest BCUT2D eigenvalue weighted by atomic mass is 9.89. The van der Waals surface area contributed by atoms with Crippen molar-refractivity contribution in [2.24, 2.45) is 0 Å². The highest BCUT2D eigenvalue weighted by Gasteiger charge is 2.43. The lowest BCUT2D eigenvalue weighted by molar-refractivity contribution is -0.384. The Morgan fingerprint density at radius 1 is 1.10 bits per heavy atom. The van der Waals surface area contributed by atoms with Crippen LogP contribution in [0.2, 0.25) is 0 Å². The maximum Gasteiger partial charge on any atom is 0.348 e. The third-order valence-corrected chi connectivity index (χ3v) is 6.90. The van der Waals surface area contributed by atoms with Crippen molar-refractivity contribution in [3.05, 3.63) is 75.8 Å². The topological polar surface area (TPSA) is 120 Å². The molecule has 0 aromatic heterocycles. The van der Waals surface area contributed by atoms with Crippen LogP contribution in [0.15, 0.2) is 54.6 Å². The maximum atomic E-state index is 13.4. The lowest BCUT2D eigenvalue weighted by Gasteiger charge is -2.28. The molecule has 2 rings (SSSR count). The first-order valence-electron chi connectivity index (χ1n) is 9.47. The van der Waals surface area contributed by atoms with Gasteiger partial charge in [0.2, 0.25) is 0 Å². The summed E-state index contributed by atoms with van der Waals surface area (Å²) < 4.78 is 24.1. The average Bonchev–Trinajstić information content (AvgIpc) is 2.74. The number of nitro benzene ring substituents is 1. The molecule has 2 atom stereocenters. The zero-order chi connectivity index (χ0) is 22.1. The summed E-state index contributed by atoms with van der Waals surface area (Å²) in [5.41, 5.74) is -0.468. The van der Waals surface area contributed by atoms with Gasteiger partial charge in [-0.15, -0.1) is 0 Å². The van der Waals surface area contributed by atoms with E-state index >= 15 is 0 Å². The normalized spacial score (nSPS) is 13.2. The van der Waals surface area contributed by atoms with Crippen LogP contribution in [-0.4, -0.2) is 29.6 Å². The molecule has 2 aromatic carbocycles. The maximum absolute atomic E-state index is 13.4. The van der Waals surface area contributed by atoms with Gasteiger partial charge in [0, 0.05) is 30.0 Å². The number of carbonyl (C=O) groups is 1. The lowest BCUT2D eigenvalue weighted by Crippen LogP contribution is -2.23. The van der Waals surface area contributed by atoms with Crippen molar-refractivity contribution in [2.75, 3.05) is 13.2 Å². The van der Waals surface area contributed by atoms with Gasteiger partial charge in [0.1, 0.15) is 0 Å². The van der Waals surface area contributed by atoms with Gasteiger partial charge in [0.15, 0.2) is 11.4 Å². The van der Waals surface area contributed by atoms with Crippen molar-refractivity contribution in [1.82, 2.24) is 0 Å². The molecular formula is C21H23N2O6P. The molecule has 0 aliphatic heterocycles. The Kier molecular flexibility index (Phi) is 8.43. The summed E-state index contributed by atoms with van der Waals surface area (Å²) >= 11 is 0. The molecule has 0 heterocycles. The number of non-ortho nitro benzene ring substituents is 1. The molecule has 0 bridgehead atoms. The second-order valence-electron chi connectivity index (χ2n) is 6.40. The van der Waals surface area contributed by atoms with Gasteiger partial charge in [-0.1, -0.05) is 42.5 Å². The van der Waals surface area contributed by atoms with E-state index in [4.69, 9.17) is 9.05 Å². The van der Waals surface area contributed by atoms with Crippen LogP contribution in [-0.2, 0) is 13.6 Å². The zero-order valence-corrected chi connectivity index (χ0v) is 17.7. The molecule has 0 aliphatic carbocycles. The largest absolute Gasteiger partial charge is 0.348 e. The van der Waals surface area contributed by atoms with Gasteiger partial charge in [-0.2, -0.15) is 5.26 Å². The quantitative estimate of drug-likeness (QED) is 0.210. The summed E-state index contributed by atoms with van der Waals surface area (Å²) in [7, 11) is -3.88. The number of Topliss-reactive ketones (excluding diaryl/α,β-unsaturated/α-hetero) is 1. The average molecular weight is 430 g/mol. The highest BCUT2D eigenvalue weighted by molar-refractivity contribution is 7.55. The third-order valence-electron chi connectivity index (χ3n) is 4.51. The number of nitro groups is 1. The summed E-state index contributed by atoms with van der Waals surface area (Å²) in [6, 6.07) is 16.0. The van der Waals surface area contributed by atoms with Gasteiger partial charge >= 0.3 is 7.60 Å². The molecule has 30 heavy (non-hydrogen) atoms. The number of carbonyl (C=O) groups excluding carboxylic acids is 1. The van der Waals surface area contributed by atoms with Gasteiger partial charge in [-0.05, 0) is 19.4 Å². The number of benzene rings is 2. The highest BCUT2D eigenvalue weighted by Crippen LogP contribution is 2.58. The van der Waals surface area contributed by atoms with Crippen LogP contribution < -0.4 is 0 Å². The van der Waals surface area contributed by atoms with Crippen molar-refractivity contribution in [3.8, 4) is 6.07 Å². The van der Waals surface area contributed by atoms with E-state index in [0.29, 0.717) is 11.1 Å². The smallest absolute Gasteiger partial charge is 0.308 e. The van der Waals surface area contributed by atoms with E-state index in [-0.39, 0.29) is 31.1 Å². The van der Waals surface area contributed by atoms with Gasteiger partial charge in [-0.25, -0.2) is 0 Å². The molecular weight excluding hydrogens is 407 g/mol. The van der Waals surface area contributed by atoms with E-state index in [1.165, 1.54) is 24.3 Å². The standard InChI is InChI=1S/C21H23N2O6P/c1-3-28-30(27,29-4-2)21(15-22)19(14-20(24)17-8-6-5-7-9-17)16-10-12-18(13-11-16)23(25)26/h5-13,19,21H,3-4,14H2,1-2H3. The predicted molar refractivity (Wildman–Crippen MR) is 111 cm³/mol. The third kappa shape index (κ3) is 5.61. The number of nitrogens with zero attached hydrogens (tertiary/aromatic N) is 2. The van der Waals surface area contributed by atoms with Crippen molar-refractivity contribution in [1.29, 1.82) is 5.26 Å². The van der Waals surface area contributed by atoms with Crippen LogP contribution >= 0.6 is 7.60 Å². The summed E-state index contributed by atoms with van der Waals surface area (Å²) in [6.07, 6.45) is -0.135. The molecule has 2 aromatic rings. The van der Waals surface area contributed by atoms with Gasteiger partial charge < -0.3 is 9.05 Å². The van der Waals surface area contributed by atoms with Crippen LogP contribution in [0.4, 0.5) is 5.69 Å². The number of rotatable bonds is 11. The fraction of sp³-hybridized carbons (Fsp3) is 0.333. The first-order chi connectivity index (χ1) is 14.4. The summed E-state index contributed by atoms with van der Waals surface area (Å²) in [4.78, 5) is 23.3. The van der Waals surface area contributed by atoms with Crippen LogP contribution in [0, 0.1) is 21.4 Å². The summed E-state index contributed by atoms with van der Waals surface area (Å²) in [5.74, 6) is -1.09. The Bertz CT molecular complexity index is 946. The van der Waals surface area contributed by atoms with E-state index in [2.05, 4.69) is 0 Å². The monoisotopic (exact) mass is 430 g/mol. The van der Waals surface area contributed by atoms with E-state index < -0.39 is 24.1 Å². The molecule has 0 saturated heterocycles. The van der Waals surface area contributed by atoms with Crippen LogP contribution in [0.3, 0.4) is 0 Å². The van der Waals surface area contributed by atoms with Gasteiger partial charge in [0.25, 0.3) is 5.69 Å². The van der Waals surface area contributed by atoms with E-state index in [9.17, 15) is 24.7 Å². The highest BCUT2D eigenvalue weighted by atomic mass is 31.2. The number of nitriles is 1. The Hall–Kier alpha value is -2.85. The van der Waals surface area contributed by atoms with Gasteiger partial charge in [-0.3, -0.25) is 19.5 Å². The van der Waals surface area contributed by atoms with Crippen LogP contribution in [0.25, 0.3) is 0 Å². The molecule has 0 amide bonds. The molecule has 9 heteroatoms. The second-order valence-corrected chi connectivity index (χ2v) is 8.55. The summed E-state index contributed by atoms with van der Waals surface area (Å²) in [5, 5.41) is 20.9. The second kappa shape index (κ2) is 10.8. The Morgan fingerprint density at radius 3 is 2.13 bits per heavy atom. The molecule has 2 unspecified atom stereocenters. The molecule has 0 fully saturated rings. The molecule has 8 nitrogen and oxygen atoms in total. The number of hydrogen-bond acceptors (Lipinski definition) is 7. The number of ketones is 1. The van der Waals surface area contributed by atoms with Crippen molar-refractivity contribution < 1.29 is 23.3 Å². The molecule has 158 valence electrons. The van der Waals surface area contributed by atoms with Crippen molar-refractivity contribution in [2.45, 2.75) is 31.8 Å². The first kappa shape index (κ1) is 23.4. The van der Waals surface area contributed by atoms with Crippen LogP contribution in [0.5, 0.6) is 0 Å². The van der Waals surface area contributed by atoms with Crippen molar-refractivity contribution in [3.63, 3.8) is 0 Å². The Morgan fingerprint density at radius 2 is 1.67 bits per heavy atom. The predicted octanol–water partition coefficient (Wildman–Crippen LogP) is 5.11. The molecule has 0 N–H and O–H groups in total. The Balaban J connectivity index is 2.50. The van der Waals surface area contributed by atoms with E-state index in [0.717, 1.165) is 0 Å². The SMILES string of the molecule is CCOP(=O)(OCC)C(C#N)C(CC(=O)c1ccccc1)c1ccc([N+](=O)[O-])cc1. The fourth-order valence-electron chi connectivity index (χ4n) is 3.14. The minimum absolute atomic E-state index is 0.0646. The summed E-state index contributed by atoms with van der Waals surface area (Å²) in [6.45, 7) is 3.40. The molecule has 0 aliphatic rings.